The molecule has 2 rings (SSSR count). The SMILES string of the molecule is Cc1cccc(NC(=O)CNC(=O)COC(=O)c2nccnc2N)c1C. The van der Waals surface area contributed by atoms with Crippen molar-refractivity contribution in [1.29, 1.82) is 0 Å². The number of aromatic nitrogens is 2. The third kappa shape index (κ3) is 5.00. The molecule has 2 amide bonds. The van der Waals surface area contributed by atoms with Crippen molar-refractivity contribution >= 4 is 29.3 Å². The smallest absolute Gasteiger partial charge is 0.361 e. The third-order valence-electron chi connectivity index (χ3n) is 3.58. The first-order valence-electron chi connectivity index (χ1n) is 7.75. The second-order valence-corrected chi connectivity index (χ2v) is 5.44. The Bertz CT molecular complexity index is 838. The fourth-order valence-corrected chi connectivity index (χ4v) is 2.02. The first-order valence-corrected chi connectivity index (χ1v) is 7.75. The Kier molecular flexibility index (Phi) is 6.20. The molecule has 0 radical (unpaired) electrons. The summed E-state index contributed by atoms with van der Waals surface area (Å²) in [6, 6.07) is 5.54. The second-order valence-electron chi connectivity index (χ2n) is 5.44. The number of aryl methyl sites for hydroxylation is 1. The molecule has 2 aromatic rings. The maximum atomic E-state index is 11.9. The molecule has 136 valence electrons. The minimum absolute atomic E-state index is 0.0918. The van der Waals surface area contributed by atoms with Gasteiger partial charge in [0.25, 0.3) is 5.91 Å². The van der Waals surface area contributed by atoms with E-state index in [2.05, 4.69) is 20.6 Å². The lowest BCUT2D eigenvalue weighted by Crippen LogP contribution is -2.35. The normalized spacial score (nSPS) is 10.1. The second kappa shape index (κ2) is 8.56. The average Bonchev–Trinajstić information content (AvgIpc) is 2.62. The van der Waals surface area contributed by atoms with Crippen LogP contribution in [0.5, 0.6) is 0 Å². The molecule has 0 spiro atoms. The van der Waals surface area contributed by atoms with Crippen molar-refractivity contribution in [1.82, 2.24) is 15.3 Å². The Morgan fingerprint density at radius 2 is 1.85 bits per heavy atom. The summed E-state index contributed by atoms with van der Waals surface area (Å²) in [7, 11) is 0. The fraction of sp³-hybridized carbons (Fsp3) is 0.235. The molecule has 0 aliphatic carbocycles. The largest absolute Gasteiger partial charge is 0.451 e. The Morgan fingerprint density at radius 3 is 2.58 bits per heavy atom. The lowest BCUT2D eigenvalue weighted by molar-refractivity contribution is -0.126. The van der Waals surface area contributed by atoms with Gasteiger partial charge in [-0.15, -0.1) is 0 Å². The number of carbonyl (C=O) groups is 3. The molecule has 9 heteroatoms. The quantitative estimate of drug-likeness (QED) is 0.643. The molecule has 0 aliphatic rings. The van der Waals surface area contributed by atoms with Crippen molar-refractivity contribution in [3.05, 3.63) is 47.4 Å². The highest BCUT2D eigenvalue weighted by Crippen LogP contribution is 2.17. The number of rotatable bonds is 6. The van der Waals surface area contributed by atoms with Gasteiger partial charge >= 0.3 is 5.97 Å². The van der Waals surface area contributed by atoms with Crippen molar-refractivity contribution in [2.45, 2.75) is 13.8 Å². The number of nitrogens with one attached hydrogen (secondary N) is 2. The van der Waals surface area contributed by atoms with Crippen LogP contribution in [0, 0.1) is 13.8 Å². The first kappa shape index (κ1) is 18.8. The van der Waals surface area contributed by atoms with E-state index < -0.39 is 24.4 Å². The Hall–Kier alpha value is -3.49. The van der Waals surface area contributed by atoms with E-state index in [9.17, 15) is 14.4 Å². The van der Waals surface area contributed by atoms with Crippen LogP contribution >= 0.6 is 0 Å². The van der Waals surface area contributed by atoms with E-state index in [0.717, 1.165) is 11.1 Å². The van der Waals surface area contributed by atoms with Crippen LogP contribution in [0.25, 0.3) is 0 Å². The van der Waals surface area contributed by atoms with E-state index in [1.165, 1.54) is 12.4 Å². The van der Waals surface area contributed by atoms with Crippen molar-refractivity contribution in [2.75, 3.05) is 24.2 Å². The maximum Gasteiger partial charge on any atom is 0.361 e. The van der Waals surface area contributed by atoms with Gasteiger partial charge in [-0.3, -0.25) is 9.59 Å². The van der Waals surface area contributed by atoms with Crippen molar-refractivity contribution < 1.29 is 19.1 Å². The molecule has 0 fully saturated rings. The van der Waals surface area contributed by atoms with Gasteiger partial charge in [-0.25, -0.2) is 14.8 Å². The van der Waals surface area contributed by atoms with E-state index in [0.29, 0.717) is 5.69 Å². The van der Waals surface area contributed by atoms with Crippen LogP contribution in [0.3, 0.4) is 0 Å². The molecule has 0 bridgehead atoms. The number of hydrogen-bond donors (Lipinski definition) is 3. The van der Waals surface area contributed by atoms with Crippen LogP contribution < -0.4 is 16.4 Å². The Labute approximate surface area is 150 Å². The molecule has 0 saturated carbocycles. The highest BCUT2D eigenvalue weighted by Gasteiger charge is 2.15. The summed E-state index contributed by atoms with van der Waals surface area (Å²) in [5, 5.41) is 5.07. The monoisotopic (exact) mass is 357 g/mol. The van der Waals surface area contributed by atoms with Crippen LogP contribution in [0.1, 0.15) is 21.6 Å². The van der Waals surface area contributed by atoms with Crippen LogP contribution in [0.4, 0.5) is 11.5 Å². The van der Waals surface area contributed by atoms with Gasteiger partial charge in [0, 0.05) is 18.1 Å². The molecule has 9 nitrogen and oxygen atoms in total. The predicted octanol–water partition coefficient (Wildman–Crippen LogP) is 0.587. The topological polar surface area (TPSA) is 136 Å². The molecule has 0 aliphatic heterocycles. The minimum Gasteiger partial charge on any atom is -0.451 e. The highest BCUT2D eigenvalue weighted by atomic mass is 16.5. The van der Waals surface area contributed by atoms with Crippen molar-refractivity contribution in [2.24, 2.45) is 0 Å². The molecular weight excluding hydrogens is 338 g/mol. The molecule has 0 unspecified atom stereocenters. The van der Waals surface area contributed by atoms with Gasteiger partial charge in [-0.1, -0.05) is 12.1 Å². The zero-order chi connectivity index (χ0) is 19.1. The first-order chi connectivity index (χ1) is 12.4. The zero-order valence-electron chi connectivity index (χ0n) is 14.4. The number of benzene rings is 1. The van der Waals surface area contributed by atoms with E-state index in [4.69, 9.17) is 10.5 Å². The molecule has 1 aromatic carbocycles. The Morgan fingerprint density at radius 1 is 1.12 bits per heavy atom. The summed E-state index contributed by atoms with van der Waals surface area (Å²) in [4.78, 5) is 42.8. The van der Waals surface area contributed by atoms with Crippen molar-refractivity contribution in [3.63, 3.8) is 0 Å². The van der Waals surface area contributed by atoms with Gasteiger partial charge in [0.05, 0.1) is 6.54 Å². The summed E-state index contributed by atoms with van der Waals surface area (Å²) >= 11 is 0. The standard InChI is InChI=1S/C17H19N5O4/c1-10-4-3-5-12(11(10)2)22-13(23)8-21-14(24)9-26-17(25)15-16(18)20-7-6-19-15/h3-7H,8-9H2,1-2H3,(H2,18,20)(H,21,24)(H,22,23). The highest BCUT2D eigenvalue weighted by molar-refractivity contribution is 5.96. The zero-order valence-corrected chi connectivity index (χ0v) is 14.4. The number of nitrogen functional groups attached to an aromatic ring is 1. The van der Waals surface area contributed by atoms with Crippen LogP contribution in [-0.2, 0) is 14.3 Å². The van der Waals surface area contributed by atoms with Gasteiger partial charge in [-0.05, 0) is 31.0 Å². The van der Waals surface area contributed by atoms with Gasteiger partial charge in [0.15, 0.2) is 18.1 Å². The number of nitrogens with two attached hydrogens (primary N) is 1. The molecule has 0 saturated heterocycles. The number of hydrogen-bond acceptors (Lipinski definition) is 7. The number of ether oxygens (including phenoxy) is 1. The maximum absolute atomic E-state index is 11.9. The molecule has 0 atom stereocenters. The number of amides is 2. The number of esters is 1. The van der Waals surface area contributed by atoms with E-state index in [-0.39, 0.29) is 18.1 Å². The van der Waals surface area contributed by atoms with Crippen LogP contribution in [0.2, 0.25) is 0 Å². The lowest BCUT2D eigenvalue weighted by Gasteiger charge is -2.11. The number of carbonyl (C=O) groups excluding carboxylic acids is 3. The van der Waals surface area contributed by atoms with E-state index >= 15 is 0 Å². The van der Waals surface area contributed by atoms with Gasteiger partial charge in [-0.2, -0.15) is 0 Å². The molecular formula is C17H19N5O4. The average molecular weight is 357 g/mol. The molecule has 26 heavy (non-hydrogen) atoms. The van der Waals surface area contributed by atoms with Crippen LogP contribution in [-0.4, -0.2) is 40.9 Å². The van der Waals surface area contributed by atoms with Crippen molar-refractivity contribution in [3.8, 4) is 0 Å². The predicted molar refractivity (Wildman–Crippen MR) is 94.3 cm³/mol. The summed E-state index contributed by atoms with van der Waals surface area (Å²) in [5.74, 6) is -1.98. The fourth-order valence-electron chi connectivity index (χ4n) is 2.02. The van der Waals surface area contributed by atoms with Crippen LogP contribution in [0.15, 0.2) is 30.6 Å². The summed E-state index contributed by atoms with van der Waals surface area (Å²) in [5.41, 5.74) is 7.99. The minimum atomic E-state index is -0.870. The molecule has 1 aromatic heterocycles. The van der Waals surface area contributed by atoms with Gasteiger partial charge in [0.1, 0.15) is 0 Å². The summed E-state index contributed by atoms with van der Waals surface area (Å²) in [6.45, 7) is 3.01. The summed E-state index contributed by atoms with van der Waals surface area (Å²) in [6.07, 6.45) is 2.61. The number of nitrogens with zero attached hydrogens (tertiary/aromatic N) is 2. The van der Waals surface area contributed by atoms with Gasteiger partial charge in [0.2, 0.25) is 5.91 Å². The molecule has 1 heterocycles. The number of anilines is 2. The van der Waals surface area contributed by atoms with E-state index in [1.54, 1.807) is 6.07 Å². The van der Waals surface area contributed by atoms with Gasteiger partial charge < -0.3 is 21.1 Å². The Balaban J connectivity index is 1.78. The lowest BCUT2D eigenvalue weighted by atomic mass is 10.1. The summed E-state index contributed by atoms with van der Waals surface area (Å²) < 4.78 is 4.79. The van der Waals surface area contributed by atoms with E-state index in [1.807, 2.05) is 26.0 Å². The third-order valence-corrected chi connectivity index (χ3v) is 3.58. The molecule has 4 N–H and O–H groups in total.